The van der Waals surface area contributed by atoms with Gasteiger partial charge in [0.2, 0.25) is 0 Å². The zero-order valence-electron chi connectivity index (χ0n) is 21.4. The molecule has 3 atom stereocenters. The number of aromatic nitrogens is 4. The van der Waals surface area contributed by atoms with Crippen LogP contribution in [0.15, 0.2) is 4.60 Å². The molecule has 0 saturated carbocycles. The molecule has 0 spiro atoms. The first kappa shape index (κ1) is 27.1. The van der Waals surface area contributed by atoms with Crippen LogP contribution in [0.1, 0.15) is 46.5 Å². The lowest BCUT2D eigenvalue weighted by Crippen LogP contribution is -2.51. The molecular formula is C23H36BrIN6O3Si. The Labute approximate surface area is 230 Å². The number of piperidine rings is 1. The van der Waals surface area contributed by atoms with E-state index in [2.05, 4.69) is 73.5 Å². The monoisotopic (exact) mass is 678 g/mol. The molecule has 9 nitrogen and oxygen atoms in total. The Balaban J connectivity index is 1.50. The van der Waals surface area contributed by atoms with Crippen molar-refractivity contribution < 1.29 is 14.3 Å². The maximum atomic E-state index is 12.3. The van der Waals surface area contributed by atoms with Gasteiger partial charge in [-0.15, -0.1) is 0 Å². The fraction of sp³-hybridized carbons (Fsp3) is 0.739. The summed E-state index contributed by atoms with van der Waals surface area (Å²) in [6, 6.07) is 1.79. The molecule has 1 N–H and O–H groups in total. The van der Waals surface area contributed by atoms with Gasteiger partial charge in [0.1, 0.15) is 22.5 Å². The zero-order valence-corrected chi connectivity index (χ0v) is 26.1. The molecule has 2 aliphatic heterocycles. The fourth-order valence-electron chi connectivity index (χ4n) is 4.82. The molecule has 194 valence electrons. The summed E-state index contributed by atoms with van der Waals surface area (Å²) < 4.78 is 14.8. The van der Waals surface area contributed by atoms with Crippen LogP contribution in [0.2, 0.25) is 25.7 Å². The van der Waals surface area contributed by atoms with Crippen molar-refractivity contribution in [1.82, 2.24) is 25.1 Å². The van der Waals surface area contributed by atoms with Gasteiger partial charge < -0.3 is 19.7 Å². The number of carbonyl (C=O) groups excluding carboxylic acids is 1. The number of hydrogen-bond donors (Lipinski definition) is 1. The highest BCUT2D eigenvalue weighted by atomic mass is 127. The van der Waals surface area contributed by atoms with Crippen molar-refractivity contribution in [3.63, 3.8) is 0 Å². The van der Waals surface area contributed by atoms with E-state index in [1.165, 1.54) is 0 Å². The molecule has 2 aliphatic rings. The normalized spacial score (nSPS) is 22.6. The standard InChI is InChI=1S/C23H36BrIN6O3Si/c1-23(2,3)34-22(32)26-14-11-15-7-8-16(12-14)31(15)21-18(24)27-17-19(25)29-30(20(17)28-21)13-33-9-10-35(4,5)6/h14-16H,7-13H2,1-6H3,(H,26,32)/t14-,15-,16+. The predicted molar refractivity (Wildman–Crippen MR) is 152 cm³/mol. The number of nitrogens with zero attached hydrogens (tertiary/aromatic N) is 5. The van der Waals surface area contributed by atoms with Crippen molar-refractivity contribution >= 4 is 69.7 Å². The van der Waals surface area contributed by atoms with Crippen LogP contribution in [0.25, 0.3) is 11.2 Å². The summed E-state index contributed by atoms with van der Waals surface area (Å²) in [5.74, 6) is 0.848. The lowest BCUT2D eigenvalue weighted by Gasteiger charge is -2.40. The highest BCUT2D eigenvalue weighted by Gasteiger charge is 2.43. The van der Waals surface area contributed by atoms with E-state index in [4.69, 9.17) is 19.4 Å². The van der Waals surface area contributed by atoms with E-state index in [1.807, 2.05) is 25.5 Å². The molecule has 1 amide bonds. The van der Waals surface area contributed by atoms with Crippen LogP contribution >= 0.6 is 38.5 Å². The molecule has 0 radical (unpaired) electrons. The SMILES string of the molecule is CC(C)(C)OC(=O)N[C@@H]1C[C@H]2CC[C@@H](C1)N2c1nc2c(nc1Br)c(I)nn2COCC[Si](C)(C)C. The predicted octanol–water partition coefficient (Wildman–Crippen LogP) is 5.53. The van der Waals surface area contributed by atoms with E-state index < -0.39 is 13.7 Å². The number of hydrogen-bond acceptors (Lipinski definition) is 7. The third-order valence-corrected chi connectivity index (χ3v) is 9.34. The van der Waals surface area contributed by atoms with Crippen LogP contribution in [-0.4, -0.2) is 64.2 Å². The summed E-state index contributed by atoms with van der Waals surface area (Å²) >= 11 is 5.89. The Morgan fingerprint density at radius 2 is 1.86 bits per heavy atom. The van der Waals surface area contributed by atoms with Crippen LogP contribution in [-0.2, 0) is 16.2 Å². The van der Waals surface area contributed by atoms with Crippen LogP contribution in [0.5, 0.6) is 0 Å². The molecule has 2 saturated heterocycles. The number of halogens is 2. The smallest absolute Gasteiger partial charge is 0.407 e. The summed E-state index contributed by atoms with van der Waals surface area (Å²) in [6.45, 7) is 13.8. The fourth-order valence-corrected chi connectivity index (χ4v) is 6.66. The van der Waals surface area contributed by atoms with Gasteiger partial charge >= 0.3 is 6.09 Å². The molecule has 2 bridgehead atoms. The zero-order chi connectivity index (χ0) is 25.5. The van der Waals surface area contributed by atoms with Gasteiger partial charge in [-0.25, -0.2) is 19.4 Å². The summed E-state index contributed by atoms with van der Waals surface area (Å²) in [5, 5.41) is 7.72. The Bertz CT molecular complexity index is 1070. The second-order valence-electron chi connectivity index (χ2n) is 11.8. The number of nitrogens with one attached hydrogen (secondary N) is 1. The van der Waals surface area contributed by atoms with Crippen LogP contribution < -0.4 is 10.2 Å². The Kier molecular flexibility index (Phi) is 8.04. The van der Waals surface area contributed by atoms with Crippen molar-refractivity contribution in [2.45, 2.75) is 103 Å². The Morgan fingerprint density at radius 1 is 1.20 bits per heavy atom. The van der Waals surface area contributed by atoms with Gasteiger partial charge in [0, 0.05) is 32.8 Å². The topological polar surface area (TPSA) is 94.4 Å². The van der Waals surface area contributed by atoms with E-state index >= 15 is 0 Å². The number of rotatable bonds is 7. The molecule has 0 aliphatic carbocycles. The third kappa shape index (κ3) is 6.66. The van der Waals surface area contributed by atoms with Crippen LogP contribution in [0.3, 0.4) is 0 Å². The van der Waals surface area contributed by atoms with Crippen molar-refractivity contribution in [3.8, 4) is 0 Å². The van der Waals surface area contributed by atoms with Gasteiger partial charge in [0.15, 0.2) is 15.2 Å². The van der Waals surface area contributed by atoms with Gasteiger partial charge in [0.05, 0.1) is 0 Å². The largest absolute Gasteiger partial charge is 0.444 e. The summed E-state index contributed by atoms with van der Waals surface area (Å²) in [4.78, 5) is 24.6. The number of anilines is 1. The number of amides is 1. The molecule has 35 heavy (non-hydrogen) atoms. The van der Waals surface area contributed by atoms with Gasteiger partial charge in [-0.3, -0.25) is 0 Å². The van der Waals surface area contributed by atoms with Crippen molar-refractivity contribution in [2.75, 3.05) is 11.5 Å². The number of carbonyl (C=O) groups is 1. The van der Waals surface area contributed by atoms with Crippen molar-refractivity contribution in [2.24, 2.45) is 0 Å². The highest BCUT2D eigenvalue weighted by molar-refractivity contribution is 14.1. The van der Waals surface area contributed by atoms with Crippen LogP contribution in [0.4, 0.5) is 10.6 Å². The first-order valence-electron chi connectivity index (χ1n) is 12.3. The van der Waals surface area contributed by atoms with E-state index in [0.717, 1.165) is 63.6 Å². The summed E-state index contributed by atoms with van der Waals surface area (Å²) in [6.07, 6.45) is 3.52. The molecule has 2 fully saturated rings. The quantitative estimate of drug-likeness (QED) is 0.234. The minimum Gasteiger partial charge on any atom is -0.444 e. The highest BCUT2D eigenvalue weighted by Crippen LogP contribution is 2.41. The van der Waals surface area contributed by atoms with Gasteiger partial charge in [-0.2, -0.15) is 5.10 Å². The molecule has 0 aromatic carbocycles. The van der Waals surface area contributed by atoms with Crippen molar-refractivity contribution in [1.29, 1.82) is 0 Å². The van der Waals surface area contributed by atoms with E-state index in [-0.39, 0.29) is 12.1 Å². The van der Waals surface area contributed by atoms with E-state index in [9.17, 15) is 4.79 Å². The second-order valence-corrected chi connectivity index (χ2v) is 19.1. The van der Waals surface area contributed by atoms with Gasteiger partial charge in [-0.1, -0.05) is 19.6 Å². The molecule has 2 aromatic heterocycles. The number of fused-ring (bicyclic) bond motifs is 3. The molecule has 12 heteroatoms. The molecular weight excluding hydrogens is 643 g/mol. The lowest BCUT2D eigenvalue weighted by atomic mass is 9.97. The summed E-state index contributed by atoms with van der Waals surface area (Å²) in [7, 11) is -1.15. The minimum absolute atomic E-state index is 0.0975. The van der Waals surface area contributed by atoms with E-state index in [0.29, 0.717) is 18.8 Å². The average Bonchev–Trinajstić information content (AvgIpc) is 3.15. The lowest BCUT2D eigenvalue weighted by molar-refractivity contribution is 0.0492. The molecule has 0 unspecified atom stereocenters. The second kappa shape index (κ2) is 10.4. The van der Waals surface area contributed by atoms with Crippen molar-refractivity contribution in [3.05, 3.63) is 8.30 Å². The molecule has 4 heterocycles. The Hall–Kier alpha value is -0.993. The number of ether oxygens (including phenoxy) is 2. The number of alkyl carbamates (subject to hydrolysis) is 1. The first-order chi connectivity index (χ1) is 16.3. The van der Waals surface area contributed by atoms with Gasteiger partial charge in [0.25, 0.3) is 0 Å². The van der Waals surface area contributed by atoms with Crippen LogP contribution in [0, 0.1) is 3.70 Å². The maximum absolute atomic E-state index is 12.3. The maximum Gasteiger partial charge on any atom is 0.407 e. The van der Waals surface area contributed by atoms with E-state index in [1.54, 1.807) is 0 Å². The molecule has 4 rings (SSSR count). The third-order valence-electron chi connectivity index (χ3n) is 6.37. The first-order valence-corrected chi connectivity index (χ1v) is 17.8. The Morgan fingerprint density at radius 3 is 2.46 bits per heavy atom. The molecule has 2 aromatic rings. The average molecular weight is 679 g/mol. The van der Waals surface area contributed by atoms with Gasteiger partial charge in [-0.05, 0) is 91.0 Å². The summed E-state index contributed by atoms with van der Waals surface area (Å²) in [5.41, 5.74) is 1.02. The minimum atomic E-state index is -1.15.